The SMILES string of the molecule is Cc1cc(/C(O)=C2/C(=O)C(=O)N(Cc3cccnc3)C2c2sccc2C)ccc1OCc1ccccc1. The zero-order chi connectivity index (χ0) is 25.9. The van der Waals surface area contributed by atoms with Crippen molar-refractivity contribution in [3.63, 3.8) is 0 Å². The number of benzene rings is 2. The van der Waals surface area contributed by atoms with Crippen LogP contribution in [0.3, 0.4) is 0 Å². The number of aliphatic hydroxyl groups is 1. The Hall–Kier alpha value is -4.23. The first-order valence-corrected chi connectivity index (χ1v) is 12.8. The van der Waals surface area contributed by atoms with E-state index in [0.29, 0.717) is 17.9 Å². The van der Waals surface area contributed by atoms with Crippen molar-refractivity contribution in [2.45, 2.75) is 33.0 Å². The van der Waals surface area contributed by atoms with E-state index >= 15 is 0 Å². The predicted molar refractivity (Wildman–Crippen MR) is 143 cm³/mol. The highest BCUT2D eigenvalue weighted by Gasteiger charge is 2.47. The topological polar surface area (TPSA) is 79.7 Å². The summed E-state index contributed by atoms with van der Waals surface area (Å²) in [6, 6.07) is 20.1. The third-order valence-corrected chi connectivity index (χ3v) is 7.52. The van der Waals surface area contributed by atoms with Crippen LogP contribution >= 0.6 is 11.3 Å². The predicted octanol–water partition coefficient (Wildman–Crippen LogP) is 5.96. The van der Waals surface area contributed by atoms with Crippen molar-refractivity contribution < 1.29 is 19.4 Å². The fourth-order valence-corrected chi connectivity index (χ4v) is 5.56. The van der Waals surface area contributed by atoms with Gasteiger partial charge >= 0.3 is 0 Å². The Kier molecular flexibility index (Phi) is 6.88. The van der Waals surface area contributed by atoms with E-state index < -0.39 is 17.7 Å². The highest BCUT2D eigenvalue weighted by atomic mass is 32.1. The summed E-state index contributed by atoms with van der Waals surface area (Å²) in [7, 11) is 0. The molecule has 1 saturated heterocycles. The van der Waals surface area contributed by atoms with Crippen molar-refractivity contribution in [1.82, 2.24) is 9.88 Å². The molecule has 0 aliphatic carbocycles. The highest BCUT2D eigenvalue weighted by Crippen LogP contribution is 2.43. The van der Waals surface area contributed by atoms with Gasteiger partial charge in [0, 0.05) is 29.4 Å². The number of pyridine rings is 1. The maximum atomic E-state index is 13.3. The molecule has 1 N–H and O–H groups in total. The van der Waals surface area contributed by atoms with Crippen LogP contribution in [0.4, 0.5) is 0 Å². The van der Waals surface area contributed by atoms with E-state index in [1.54, 1.807) is 36.7 Å². The number of ether oxygens (including phenoxy) is 1. The van der Waals surface area contributed by atoms with E-state index in [4.69, 9.17) is 4.74 Å². The number of aryl methyl sites for hydroxylation is 2. The molecule has 37 heavy (non-hydrogen) atoms. The summed E-state index contributed by atoms with van der Waals surface area (Å²) in [5, 5.41) is 13.3. The Labute approximate surface area is 219 Å². The number of aliphatic hydroxyl groups excluding tert-OH is 1. The summed E-state index contributed by atoms with van der Waals surface area (Å²) in [5.74, 6) is -0.838. The molecular weight excluding hydrogens is 484 g/mol. The van der Waals surface area contributed by atoms with Crippen molar-refractivity contribution in [2.24, 2.45) is 0 Å². The fraction of sp³-hybridized carbons (Fsp3) is 0.167. The standard InChI is InChI=1S/C30H26N2O4S/c1-19-12-14-37-29(19)26-25(28(34)30(35)32(26)17-22-9-6-13-31-16-22)27(33)23-10-11-24(20(2)15-23)36-18-21-7-4-3-5-8-21/h3-16,26,33H,17-18H2,1-2H3/b27-25-. The maximum Gasteiger partial charge on any atom is 0.295 e. The lowest BCUT2D eigenvalue weighted by atomic mass is 9.97. The van der Waals surface area contributed by atoms with Crippen LogP contribution in [0.2, 0.25) is 0 Å². The van der Waals surface area contributed by atoms with Crippen LogP contribution < -0.4 is 4.74 Å². The number of carbonyl (C=O) groups excluding carboxylic acids is 2. The quantitative estimate of drug-likeness (QED) is 0.189. The molecule has 7 heteroatoms. The third kappa shape index (κ3) is 4.90. The average Bonchev–Trinajstić information content (AvgIpc) is 3.44. The first-order valence-electron chi connectivity index (χ1n) is 11.9. The molecule has 2 aromatic heterocycles. The highest BCUT2D eigenvalue weighted by molar-refractivity contribution is 7.10. The Balaban J connectivity index is 1.51. The summed E-state index contributed by atoms with van der Waals surface area (Å²) < 4.78 is 5.97. The second kappa shape index (κ2) is 10.4. The molecule has 0 radical (unpaired) electrons. The molecule has 1 fully saturated rings. The van der Waals surface area contributed by atoms with E-state index in [-0.39, 0.29) is 17.9 Å². The number of aromatic nitrogens is 1. The molecule has 5 rings (SSSR count). The van der Waals surface area contributed by atoms with Gasteiger partial charge in [0.1, 0.15) is 24.2 Å². The van der Waals surface area contributed by atoms with Gasteiger partial charge in [0.25, 0.3) is 11.7 Å². The molecule has 4 aromatic rings. The number of hydrogen-bond acceptors (Lipinski definition) is 6. The lowest BCUT2D eigenvalue weighted by Gasteiger charge is -2.25. The Bertz CT molecular complexity index is 1480. The minimum atomic E-state index is -0.693. The van der Waals surface area contributed by atoms with Gasteiger partial charge in [0.15, 0.2) is 0 Å². The number of thiophene rings is 1. The molecule has 1 aliphatic rings. The summed E-state index contributed by atoms with van der Waals surface area (Å²) in [6.07, 6.45) is 3.34. The first kappa shape index (κ1) is 24.5. The number of likely N-dealkylation sites (tertiary alicyclic amines) is 1. The van der Waals surface area contributed by atoms with Gasteiger partial charge in [-0.2, -0.15) is 0 Å². The van der Waals surface area contributed by atoms with Gasteiger partial charge < -0.3 is 14.7 Å². The smallest absolute Gasteiger partial charge is 0.295 e. The van der Waals surface area contributed by atoms with E-state index in [2.05, 4.69) is 4.98 Å². The summed E-state index contributed by atoms with van der Waals surface area (Å²) in [4.78, 5) is 33.0. The molecular formula is C30H26N2O4S. The van der Waals surface area contributed by atoms with Crippen LogP contribution in [0.25, 0.3) is 5.76 Å². The first-order chi connectivity index (χ1) is 17.9. The normalized spacial score (nSPS) is 16.8. The summed E-state index contributed by atoms with van der Waals surface area (Å²) >= 11 is 1.46. The molecule has 6 nitrogen and oxygen atoms in total. The van der Waals surface area contributed by atoms with Crippen molar-refractivity contribution >= 4 is 28.8 Å². The number of nitrogens with zero attached hydrogens (tertiary/aromatic N) is 2. The zero-order valence-electron chi connectivity index (χ0n) is 20.5. The number of amides is 1. The van der Waals surface area contributed by atoms with E-state index in [1.807, 2.05) is 61.7 Å². The molecule has 2 aromatic carbocycles. The van der Waals surface area contributed by atoms with Gasteiger partial charge in [-0.25, -0.2) is 0 Å². The molecule has 0 bridgehead atoms. The van der Waals surface area contributed by atoms with Gasteiger partial charge in [0.05, 0.1) is 5.57 Å². The van der Waals surface area contributed by atoms with Crippen LogP contribution in [0.1, 0.15) is 38.7 Å². The Morgan fingerprint density at radius 3 is 2.46 bits per heavy atom. The number of carbonyl (C=O) groups is 2. The van der Waals surface area contributed by atoms with Crippen LogP contribution in [0, 0.1) is 13.8 Å². The van der Waals surface area contributed by atoms with Gasteiger partial charge in [-0.1, -0.05) is 36.4 Å². The van der Waals surface area contributed by atoms with Crippen LogP contribution in [0.5, 0.6) is 5.75 Å². The number of hydrogen-bond donors (Lipinski definition) is 1. The van der Waals surface area contributed by atoms with E-state index in [9.17, 15) is 14.7 Å². The second-order valence-corrected chi connectivity index (χ2v) is 9.96. The fourth-order valence-electron chi connectivity index (χ4n) is 4.52. The minimum absolute atomic E-state index is 0.0943. The zero-order valence-corrected chi connectivity index (χ0v) is 21.4. The van der Waals surface area contributed by atoms with Gasteiger partial charge in [-0.3, -0.25) is 14.6 Å². The van der Waals surface area contributed by atoms with Gasteiger partial charge in [-0.05, 0) is 71.8 Å². The van der Waals surface area contributed by atoms with Crippen molar-refractivity contribution in [2.75, 3.05) is 0 Å². The number of ketones is 1. The van der Waals surface area contributed by atoms with Crippen LogP contribution in [0.15, 0.2) is 90.1 Å². The number of Topliss-reactive ketones (excluding diaryl/α,β-unsaturated/α-hetero) is 1. The van der Waals surface area contributed by atoms with E-state index in [0.717, 1.165) is 27.1 Å². The Morgan fingerprint density at radius 2 is 1.78 bits per heavy atom. The lowest BCUT2D eigenvalue weighted by Crippen LogP contribution is -2.29. The average molecular weight is 511 g/mol. The molecule has 1 unspecified atom stereocenters. The molecule has 3 heterocycles. The van der Waals surface area contributed by atoms with Crippen molar-refractivity contribution in [1.29, 1.82) is 0 Å². The Morgan fingerprint density at radius 1 is 1.00 bits per heavy atom. The summed E-state index contributed by atoms with van der Waals surface area (Å²) in [6.45, 7) is 4.46. The molecule has 1 atom stereocenters. The minimum Gasteiger partial charge on any atom is -0.507 e. The van der Waals surface area contributed by atoms with Gasteiger partial charge in [-0.15, -0.1) is 11.3 Å². The van der Waals surface area contributed by atoms with E-state index in [1.165, 1.54) is 16.2 Å². The van der Waals surface area contributed by atoms with Crippen molar-refractivity contribution in [3.8, 4) is 5.75 Å². The maximum absolute atomic E-state index is 13.3. The largest absolute Gasteiger partial charge is 0.507 e. The monoisotopic (exact) mass is 510 g/mol. The number of rotatable bonds is 7. The summed E-state index contributed by atoms with van der Waals surface area (Å²) in [5.41, 5.74) is 4.18. The molecule has 186 valence electrons. The van der Waals surface area contributed by atoms with Crippen LogP contribution in [-0.2, 0) is 22.7 Å². The molecule has 1 aliphatic heterocycles. The molecule has 0 spiro atoms. The third-order valence-electron chi connectivity index (χ3n) is 6.45. The van der Waals surface area contributed by atoms with Crippen LogP contribution in [-0.4, -0.2) is 26.7 Å². The molecule has 1 amide bonds. The van der Waals surface area contributed by atoms with Gasteiger partial charge in [0.2, 0.25) is 0 Å². The lowest BCUT2D eigenvalue weighted by molar-refractivity contribution is -0.140. The molecule has 0 saturated carbocycles. The second-order valence-electron chi connectivity index (χ2n) is 9.01. The van der Waals surface area contributed by atoms with Crippen molar-refractivity contribution in [3.05, 3.63) is 123 Å².